The minimum atomic E-state index is -0.114. The molecule has 3 aliphatic carbocycles. The lowest BCUT2D eigenvalue weighted by Gasteiger charge is -2.50. The topological polar surface area (TPSA) is 40.5 Å². The summed E-state index contributed by atoms with van der Waals surface area (Å²) in [5.41, 5.74) is 4.23. The van der Waals surface area contributed by atoms with E-state index in [0.717, 1.165) is 19.3 Å². The van der Waals surface area contributed by atoms with Gasteiger partial charge in [-0.25, -0.2) is 0 Å². The maximum Gasteiger partial charge on any atom is 0.116 e. The Morgan fingerprint density at radius 3 is 2.84 bits per heavy atom. The molecule has 0 amide bonds. The Morgan fingerprint density at radius 2 is 2.04 bits per heavy atom. The van der Waals surface area contributed by atoms with Gasteiger partial charge >= 0.3 is 0 Å². The summed E-state index contributed by atoms with van der Waals surface area (Å²) in [7, 11) is 0. The van der Waals surface area contributed by atoms with Gasteiger partial charge in [0.05, 0.1) is 6.10 Å². The van der Waals surface area contributed by atoms with E-state index in [1.54, 1.807) is 11.3 Å². The van der Waals surface area contributed by atoms with Gasteiger partial charge in [0, 0.05) is 4.88 Å². The zero-order valence-corrected chi connectivity index (χ0v) is 15.6. The summed E-state index contributed by atoms with van der Waals surface area (Å²) < 4.78 is 0. The number of aromatic hydroxyl groups is 1. The average Bonchev–Trinajstić information content (AvgIpc) is 3.22. The Balaban J connectivity index is 1.62. The summed E-state index contributed by atoms with van der Waals surface area (Å²) >= 11 is 1.76. The highest BCUT2D eigenvalue weighted by Gasteiger charge is 2.54. The van der Waals surface area contributed by atoms with Gasteiger partial charge in [0.25, 0.3) is 0 Å². The Hall–Kier alpha value is -1.32. The van der Waals surface area contributed by atoms with Crippen LogP contribution in [-0.2, 0) is 6.42 Å². The van der Waals surface area contributed by atoms with Crippen LogP contribution in [0.2, 0.25) is 0 Å². The van der Waals surface area contributed by atoms with Gasteiger partial charge in [-0.15, -0.1) is 11.3 Å². The fourth-order valence-corrected chi connectivity index (χ4v) is 7.08. The molecule has 1 aromatic heterocycles. The van der Waals surface area contributed by atoms with E-state index in [1.165, 1.54) is 40.8 Å². The van der Waals surface area contributed by atoms with Gasteiger partial charge in [0.1, 0.15) is 5.75 Å². The zero-order chi connectivity index (χ0) is 17.2. The highest BCUT2D eigenvalue weighted by atomic mass is 32.1. The molecular formula is C22H26O2S. The number of benzene rings is 1. The highest BCUT2D eigenvalue weighted by Crippen LogP contribution is 2.62. The molecule has 0 unspecified atom stereocenters. The van der Waals surface area contributed by atoms with Crippen molar-refractivity contribution < 1.29 is 10.2 Å². The summed E-state index contributed by atoms with van der Waals surface area (Å²) in [6, 6.07) is 8.25. The third-order valence-corrected chi connectivity index (χ3v) is 8.45. The largest absolute Gasteiger partial charge is 0.508 e. The summed E-state index contributed by atoms with van der Waals surface area (Å²) in [5.74, 6) is 2.33. The molecule has 5 rings (SSSR count). The predicted octanol–water partition coefficient (Wildman–Crippen LogP) is 5.34. The van der Waals surface area contributed by atoms with Crippen LogP contribution in [0.25, 0.3) is 10.4 Å². The molecule has 2 fully saturated rings. The Kier molecular flexibility index (Phi) is 3.55. The van der Waals surface area contributed by atoms with E-state index in [1.807, 2.05) is 12.1 Å². The minimum absolute atomic E-state index is 0.114. The van der Waals surface area contributed by atoms with E-state index in [0.29, 0.717) is 23.5 Å². The van der Waals surface area contributed by atoms with Crippen molar-refractivity contribution in [3.63, 3.8) is 0 Å². The average molecular weight is 355 g/mol. The first kappa shape index (κ1) is 15.9. The number of phenols is 1. The number of aliphatic hydroxyl groups excluding tert-OH is 1. The van der Waals surface area contributed by atoms with Crippen LogP contribution in [0.15, 0.2) is 29.6 Å². The lowest BCUT2D eigenvalue weighted by molar-refractivity contribution is -0.0225. The van der Waals surface area contributed by atoms with Crippen LogP contribution < -0.4 is 0 Å². The van der Waals surface area contributed by atoms with E-state index in [-0.39, 0.29) is 11.5 Å². The number of thiophene rings is 1. The van der Waals surface area contributed by atoms with E-state index < -0.39 is 0 Å². The Labute approximate surface area is 153 Å². The first-order valence-corrected chi connectivity index (χ1v) is 10.5. The number of phenolic OH excluding ortho intramolecular Hbond substituents is 1. The van der Waals surface area contributed by atoms with Gasteiger partial charge in [-0.3, -0.25) is 0 Å². The summed E-state index contributed by atoms with van der Waals surface area (Å²) in [5, 5.41) is 23.0. The molecule has 2 saturated carbocycles. The SMILES string of the molecule is C[C@]12CC[C@@H]3c4c(cc(O)cc4-c4cccs4)CC[C@H]3[C@@H]1CC[C@@H]2O. The van der Waals surface area contributed by atoms with E-state index in [9.17, 15) is 10.2 Å². The van der Waals surface area contributed by atoms with E-state index in [2.05, 4.69) is 24.4 Å². The number of aliphatic hydroxyl groups is 1. The molecule has 2 nitrogen and oxygen atoms in total. The second-order valence-electron chi connectivity index (χ2n) is 8.60. The van der Waals surface area contributed by atoms with Crippen LogP contribution in [0.4, 0.5) is 0 Å². The molecule has 5 atom stereocenters. The molecule has 132 valence electrons. The lowest BCUT2D eigenvalue weighted by Crippen LogP contribution is -2.44. The van der Waals surface area contributed by atoms with Crippen LogP contribution >= 0.6 is 11.3 Å². The number of rotatable bonds is 1. The van der Waals surface area contributed by atoms with Crippen LogP contribution in [0.3, 0.4) is 0 Å². The van der Waals surface area contributed by atoms with Crippen molar-refractivity contribution in [1.82, 2.24) is 0 Å². The van der Waals surface area contributed by atoms with E-state index >= 15 is 0 Å². The number of hydrogen-bond donors (Lipinski definition) is 2. The molecule has 3 aliphatic rings. The third-order valence-electron chi connectivity index (χ3n) is 7.54. The van der Waals surface area contributed by atoms with Gasteiger partial charge in [-0.05, 0) is 102 Å². The molecule has 0 aliphatic heterocycles. The molecule has 1 aromatic carbocycles. The Morgan fingerprint density at radius 1 is 1.16 bits per heavy atom. The zero-order valence-electron chi connectivity index (χ0n) is 14.7. The van der Waals surface area contributed by atoms with Crippen molar-refractivity contribution in [2.75, 3.05) is 0 Å². The smallest absolute Gasteiger partial charge is 0.116 e. The van der Waals surface area contributed by atoms with Crippen LogP contribution in [0.1, 0.15) is 56.1 Å². The molecule has 25 heavy (non-hydrogen) atoms. The Bertz CT molecular complexity index is 797. The third kappa shape index (κ3) is 2.25. The van der Waals surface area contributed by atoms with Gasteiger partial charge < -0.3 is 10.2 Å². The maximum atomic E-state index is 10.6. The number of hydrogen-bond acceptors (Lipinski definition) is 3. The summed E-state index contributed by atoms with van der Waals surface area (Å²) in [4.78, 5) is 1.27. The number of fused-ring (bicyclic) bond motifs is 5. The molecule has 0 spiro atoms. The highest BCUT2D eigenvalue weighted by molar-refractivity contribution is 7.13. The summed E-state index contributed by atoms with van der Waals surface area (Å²) in [6.07, 6.45) is 6.61. The van der Waals surface area contributed by atoms with Crippen molar-refractivity contribution >= 4 is 11.3 Å². The fourth-order valence-electron chi connectivity index (χ4n) is 6.32. The van der Waals surface area contributed by atoms with Gasteiger partial charge in [-0.2, -0.15) is 0 Å². The standard InChI is InChI=1S/C22H26O2S/c1-22-9-8-16-15(18(22)6-7-20(22)24)5-4-13-11-14(23)12-17(21(13)16)19-3-2-10-25-19/h2-3,10-12,15-16,18,20,23-24H,4-9H2,1H3/t15-,16+,18+,20+,22+/m1/s1. The maximum absolute atomic E-state index is 10.6. The van der Waals surface area contributed by atoms with Crippen molar-refractivity contribution in [2.24, 2.45) is 17.3 Å². The van der Waals surface area contributed by atoms with Gasteiger partial charge in [0.15, 0.2) is 0 Å². The molecule has 2 N–H and O–H groups in total. The monoisotopic (exact) mass is 354 g/mol. The molecule has 2 aromatic rings. The lowest BCUT2D eigenvalue weighted by atomic mass is 9.55. The van der Waals surface area contributed by atoms with Crippen LogP contribution in [-0.4, -0.2) is 16.3 Å². The fraction of sp³-hybridized carbons (Fsp3) is 0.545. The van der Waals surface area contributed by atoms with Crippen molar-refractivity contribution in [1.29, 1.82) is 0 Å². The molecular weight excluding hydrogens is 328 g/mol. The second-order valence-corrected chi connectivity index (χ2v) is 9.54. The molecule has 0 saturated heterocycles. The molecule has 3 heteroatoms. The molecule has 0 radical (unpaired) electrons. The summed E-state index contributed by atoms with van der Waals surface area (Å²) in [6.45, 7) is 2.33. The quantitative estimate of drug-likeness (QED) is 0.726. The minimum Gasteiger partial charge on any atom is -0.508 e. The second kappa shape index (κ2) is 5.59. The van der Waals surface area contributed by atoms with Crippen molar-refractivity contribution in [3.05, 3.63) is 40.8 Å². The van der Waals surface area contributed by atoms with Crippen molar-refractivity contribution in [2.45, 2.75) is 57.5 Å². The molecule has 0 bridgehead atoms. The van der Waals surface area contributed by atoms with E-state index in [4.69, 9.17) is 0 Å². The molecule has 1 heterocycles. The van der Waals surface area contributed by atoms with Crippen LogP contribution in [0, 0.1) is 17.3 Å². The first-order valence-electron chi connectivity index (χ1n) is 9.65. The number of aryl methyl sites for hydroxylation is 1. The van der Waals surface area contributed by atoms with Crippen molar-refractivity contribution in [3.8, 4) is 16.2 Å². The van der Waals surface area contributed by atoms with Crippen LogP contribution in [0.5, 0.6) is 5.75 Å². The van der Waals surface area contributed by atoms with Gasteiger partial charge in [0.2, 0.25) is 0 Å². The first-order chi connectivity index (χ1) is 12.1. The van der Waals surface area contributed by atoms with Gasteiger partial charge in [-0.1, -0.05) is 13.0 Å². The normalized spacial score (nSPS) is 36.6. The predicted molar refractivity (Wildman–Crippen MR) is 102 cm³/mol.